The van der Waals surface area contributed by atoms with Gasteiger partial charge in [0.2, 0.25) is 0 Å². The molecule has 0 saturated heterocycles. The van der Waals surface area contributed by atoms with E-state index < -0.39 is 8.65 Å². The number of alkyl halides is 2. The first kappa shape index (κ1) is 9.52. The topological polar surface area (TPSA) is 34.1 Å². The van der Waals surface area contributed by atoms with Gasteiger partial charge in [-0.2, -0.15) is 0 Å². The third-order valence-electron chi connectivity index (χ3n) is 3.89. The molecular formula is C10H10Br2O2. The number of halogens is 2. The molecule has 0 spiro atoms. The lowest BCUT2D eigenvalue weighted by atomic mass is 9.55. The Bertz CT molecular complexity index is 322. The van der Waals surface area contributed by atoms with Crippen molar-refractivity contribution in [2.75, 3.05) is 0 Å². The summed E-state index contributed by atoms with van der Waals surface area (Å²) in [6, 6.07) is 0. The first-order chi connectivity index (χ1) is 6.45. The van der Waals surface area contributed by atoms with Gasteiger partial charge >= 0.3 is 0 Å². The van der Waals surface area contributed by atoms with Crippen molar-refractivity contribution in [3.05, 3.63) is 0 Å². The van der Waals surface area contributed by atoms with Crippen molar-refractivity contribution in [3.8, 4) is 0 Å². The van der Waals surface area contributed by atoms with Gasteiger partial charge < -0.3 is 0 Å². The molecule has 0 N–H and O–H groups in total. The smallest absolute Gasteiger partial charge is 0.152 e. The lowest BCUT2D eigenvalue weighted by molar-refractivity contribution is -0.145. The van der Waals surface area contributed by atoms with Crippen LogP contribution in [-0.4, -0.2) is 20.2 Å². The van der Waals surface area contributed by atoms with E-state index in [1.165, 1.54) is 0 Å². The zero-order valence-corrected chi connectivity index (χ0v) is 10.7. The van der Waals surface area contributed by atoms with Crippen molar-refractivity contribution in [1.82, 2.24) is 0 Å². The third-order valence-corrected chi connectivity index (χ3v) is 5.88. The molecule has 4 bridgehead atoms. The fourth-order valence-electron chi connectivity index (χ4n) is 3.39. The quantitative estimate of drug-likeness (QED) is 0.641. The zero-order chi connectivity index (χ0) is 10.1. The Balaban J connectivity index is 2.11. The summed E-state index contributed by atoms with van der Waals surface area (Å²) in [5.41, 5.74) is 0. The van der Waals surface area contributed by atoms with Crippen LogP contribution in [0.2, 0.25) is 0 Å². The zero-order valence-electron chi connectivity index (χ0n) is 7.56. The highest BCUT2D eigenvalue weighted by molar-refractivity contribution is 9.11. The Morgan fingerprint density at radius 1 is 1.00 bits per heavy atom. The second-order valence-electron chi connectivity index (χ2n) is 4.87. The Hall–Kier alpha value is 0.300. The van der Waals surface area contributed by atoms with Crippen LogP contribution in [0.3, 0.4) is 0 Å². The van der Waals surface area contributed by atoms with Crippen LogP contribution in [0.25, 0.3) is 0 Å². The minimum atomic E-state index is -0.393. The van der Waals surface area contributed by atoms with E-state index in [1.807, 2.05) is 0 Å². The number of ketones is 2. The molecule has 0 aromatic heterocycles. The van der Waals surface area contributed by atoms with E-state index in [9.17, 15) is 9.59 Å². The fourth-order valence-corrected chi connectivity index (χ4v) is 6.15. The van der Waals surface area contributed by atoms with E-state index in [0.717, 1.165) is 6.42 Å². The Labute approximate surface area is 99.1 Å². The maximum atomic E-state index is 12.0. The highest BCUT2D eigenvalue weighted by Crippen LogP contribution is 2.60. The van der Waals surface area contributed by atoms with Crippen LogP contribution in [0.1, 0.15) is 25.7 Å². The van der Waals surface area contributed by atoms with Crippen molar-refractivity contribution in [2.24, 2.45) is 11.8 Å². The van der Waals surface area contributed by atoms with Gasteiger partial charge in [-0.05, 0) is 25.7 Å². The van der Waals surface area contributed by atoms with Gasteiger partial charge in [0.1, 0.15) is 0 Å². The Kier molecular flexibility index (Phi) is 1.71. The number of Topliss-reactive ketones (excluding diaryl/α,β-unsaturated/α-hetero) is 2. The molecule has 0 amide bonds. The lowest BCUT2D eigenvalue weighted by Crippen LogP contribution is -2.64. The van der Waals surface area contributed by atoms with Crippen LogP contribution in [-0.2, 0) is 9.59 Å². The molecule has 14 heavy (non-hydrogen) atoms. The Morgan fingerprint density at radius 2 is 1.43 bits per heavy atom. The number of hydrogen-bond acceptors (Lipinski definition) is 2. The molecule has 0 aromatic rings. The van der Waals surface area contributed by atoms with Crippen molar-refractivity contribution in [1.29, 1.82) is 0 Å². The molecule has 2 nitrogen and oxygen atoms in total. The van der Waals surface area contributed by atoms with Crippen LogP contribution in [0.15, 0.2) is 0 Å². The van der Waals surface area contributed by atoms with Crippen LogP contribution < -0.4 is 0 Å². The van der Waals surface area contributed by atoms with Gasteiger partial charge in [0.15, 0.2) is 11.6 Å². The second-order valence-corrected chi connectivity index (χ2v) is 7.91. The first-order valence-corrected chi connectivity index (χ1v) is 6.50. The highest BCUT2D eigenvalue weighted by Gasteiger charge is 2.65. The second kappa shape index (κ2) is 2.51. The van der Waals surface area contributed by atoms with E-state index in [-0.39, 0.29) is 11.8 Å². The van der Waals surface area contributed by atoms with E-state index in [1.54, 1.807) is 0 Å². The first-order valence-electron chi connectivity index (χ1n) is 4.91. The summed E-state index contributed by atoms with van der Waals surface area (Å²) in [6.45, 7) is 0. The van der Waals surface area contributed by atoms with Crippen LogP contribution in [0, 0.1) is 11.8 Å². The molecule has 4 aliphatic rings. The predicted octanol–water partition coefficient (Wildman–Crippen LogP) is 2.23. The molecule has 4 atom stereocenters. The summed E-state index contributed by atoms with van der Waals surface area (Å²) in [4.78, 5) is 23.9. The van der Waals surface area contributed by atoms with E-state index in [2.05, 4.69) is 31.9 Å². The van der Waals surface area contributed by atoms with Gasteiger partial charge in [-0.3, -0.25) is 9.59 Å². The molecule has 76 valence electrons. The predicted molar refractivity (Wildman–Crippen MR) is 58.8 cm³/mol. The van der Waals surface area contributed by atoms with Gasteiger partial charge in [-0.15, -0.1) is 0 Å². The van der Waals surface area contributed by atoms with Gasteiger partial charge in [-0.25, -0.2) is 0 Å². The SMILES string of the molecule is O=C1[C@H]2C[C@H]3C[C@]1(Br)C[C@@](Br)(C2)C3=O. The molecule has 0 aromatic carbocycles. The van der Waals surface area contributed by atoms with Crippen molar-refractivity contribution in [3.63, 3.8) is 0 Å². The van der Waals surface area contributed by atoms with E-state index in [4.69, 9.17) is 0 Å². The van der Waals surface area contributed by atoms with Crippen LogP contribution in [0.4, 0.5) is 0 Å². The van der Waals surface area contributed by atoms with Gasteiger partial charge in [0.25, 0.3) is 0 Å². The Morgan fingerprint density at radius 3 is 1.79 bits per heavy atom. The van der Waals surface area contributed by atoms with Crippen molar-refractivity contribution < 1.29 is 9.59 Å². The van der Waals surface area contributed by atoms with Crippen LogP contribution in [0.5, 0.6) is 0 Å². The molecule has 4 fully saturated rings. The average molecular weight is 322 g/mol. The molecule has 4 rings (SSSR count). The number of hydrogen-bond donors (Lipinski definition) is 0. The molecule has 4 heteroatoms. The standard InChI is InChI=1S/C10H10Br2O2/c11-9-2-5-1-6(8(9)14)3-10(12,4-9)7(5)13/h5-6H,1-4H2/t5-,6-,9-,10-/m0/s1. The van der Waals surface area contributed by atoms with Crippen molar-refractivity contribution >= 4 is 43.4 Å². The summed E-state index contributed by atoms with van der Waals surface area (Å²) in [5.74, 6) is 0.880. The summed E-state index contributed by atoms with van der Waals surface area (Å²) < 4.78 is -0.785. The molecule has 4 saturated carbocycles. The normalized spacial score (nSPS) is 55.6. The maximum Gasteiger partial charge on any atom is 0.152 e. The van der Waals surface area contributed by atoms with Gasteiger partial charge in [0.05, 0.1) is 8.65 Å². The fraction of sp³-hybridized carbons (Fsp3) is 0.800. The summed E-state index contributed by atoms with van der Waals surface area (Å²) in [6.07, 6.45) is 2.87. The van der Waals surface area contributed by atoms with Gasteiger partial charge in [-0.1, -0.05) is 31.9 Å². The molecule has 0 radical (unpaired) electrons. The monoisotopic (exact) mass is 320 g/mol. The summed E-state index contributed by atoms with van der Waals surface area (Å²) in [7, 11) is 0. The third kappa shape index (κ3) is 0.967. The minimum Gasteiger partial charge on any atom is -0.298 e. The minimum absolute atomic E-state index is 0.110. The van der Waals surface area contributed by atoms with Gasteiger partial charge in [0, 0.05) is 11.8 Å². The number of rotatable bonds is 0. The number of carbonyl (C=O) groups is 2. The highest BCUT2D eigenvalue weighted by atomic mass is 79.9. The average Bonchev–Trinajstić information content (AvgIpc) is 2.06. The lowest BCUT2D eigenvalue weighted by Gasteiger charge is -2.55. The summed E-state index contributed by atoms with van der Waals surface area (Å²) in [5, 5.41) is 0. The number of carbonyl (C=O) groups excluding carboxylic acids is 2. The largest absolute Gasteiger partial charge is 0.298 e. The summed E-state index contributed by atoms with van der Waals surface area (Å²) >= 11 is 7.11. The molecular weight excluding hydrogens is 312 g/mol. The molecule has 0 heterocycles. The maximum absolute atomic E-state index is 12.0. The molecule has 0 aliphatic heterocycles. The van der Waals surface area contributed by atoms with Crippen LogP contribution >= 0.6 is 31.9 Å². The van der Waals surface area contributed by atoms with E-state index in [0.29, 0.717) is 30.8 Å². The van der Waals surface area contributed by atoms with E-state index >= 15 is 0 Å². The van der Waals surface area contributed by atoms with Crippen molar-refractivity contribution in [2.45, 2.75) is 34.3 Å². The molecule has 4 aliphatic carbocycles. The molecule has 0 unspecified atom stereocenters.